The van der Waals surface area contributed by atoms with Gasteiger partial charge in [0.25, 0.3) is 10.0 Å². The Kier molecular flexibility index (Phi) is 10.2. The van der Waals surface area contributed by atoms with Crippen molar-refractivity contribution in [3.63, 3.8) is 0 Å². The van der Waals surface area contributed by atoms with Crippen molar-refractivity contribution in [1.82, 2.24) is 10.2 Å². The lowest BCUT2D eigenvalue weighted by Gasteiger charge is -2.34. The van der Waals surface area contributed by atoms with Gasteiger partial charge in [-0.3, -0.25) is 13.9 Å². The van der Waals surface area contributed by atoms with Crippen molar-refractivity contribution in [1.29, 1.82) is 0 Å². The van der Waals surface area contributed by atoms with E-state index >= 15 is 0 Å². The predicted molar refractivity (Wildman–Crippen MR) is 158 cm³/mol. The zero-order chi connectivity index (χ0) is 29.5. The van der Waals surface area contributed by atoms with E-state index < -0.39 is 34.1 Å². The van der Waals surface area contributed by atoms with Crippen LogP contribution in [0.5, 0.6) is 5.75 Å². The minimum absolute atomic E-state index is 0.0202. The van der Waals surface area contributed by atoms with Gasteiger partial charge in [0.1, 0.15) is 18.3 Å². The number of carbonyl (C=O) groups is 2. The van der Waals surface area contributed by atoms with E-state index in [-0.39, 0.29) is 23.0 Å². The fourth-order valence-electron chi connectivity index (χ4n) is 4.19. The first-order valence-electron chi connectivity index (χ1n) is 12.9. The third-order valence-electron chi connectivity index (χ3n) is 6.10. The van der Waals surface area contributed by atoms with E-state index in [2.05, 4.69) is 5.32 Å². The summed E-state index contributed by atoms with van der Waals surface area (Å²) in [6, 6.07) is 20.7. The van der Waals surface area contributed by atoms with E-state index in [9.17, 15) is 18.0 Å². The van der Waals surface area contributed by atoms with Crippen molar-refractivity contribution < 1.29 is 22.7 Å². The van der Waals surface area contributed by atoms with Crippen LogP contribution in [0, 0.1) is 0 Å². The van der Waals surface area contributed by atoms with E-state index in [1.165, 1.54) is 42.3 Å². The Morgan fingerprint density at radius 1 is 0.975 bits per heavy atom. The van der Waals surface area contributed by atoms with Crippen molar-refractivity contribution >= 4 is 39.1 Å². The number of hydrogen-bond donors (Lipinski definition) is 1. The van der Waals surface area contributed by atoms with Gasteiger partial charge in [-0.05, 0) is 75.2 Å². The second-order valence-electron chi connectivity index (χ2n) is 10.3. The Labute approximate surface area is 241 Å². The third kappa shape index (κ3) is 7.99. The van der Waals surface area contributed by atoms with Crippen LogP contribution in [-0.2, 0) is 26.2 Å². The first kappa shape index (κ1) is 31.0. The van der Waals surface area contributed by atoms with Gasteiger partial charge in [0.15, 0.2) is 0 Å². The second kappa shape index (κ2) is 13.2. The SMILES string of the molecule is CC[C@@H](C(=O)NC(C)(C)C)N(Cc1ccccc1)C(=O)CN(c1cccc(Cl)c1)S(=O)(=O)c1ccc(OC)cc1. The molecule has 40 heavy (non-hydrogen) atoms. The van der Waals surface area contributed by atoms with Crippen LogP contribution in [0.25, 0.3) is 0 Å². The molecular formula is C30H36ClN3O5S. The van der Waals surface area contributed by atoms with Gasteiger partial charge < -0.3 is 15.0 Å². The predicted octanol–water partition coefficient (Wildman–Crippen LogP) is 5.27. The largest absolute Gasteiger partial charge is 0.497 e. The topological polar surface area (TPSA) is 96.0 Å². The maximum absolute atomic E-state index is 14.1. The van der Waals surface area contributed by atoms with Crippen LogP contribution in [0.15, 0.2) is 83.8 Å². The van der Waals surface area contributed by atoms with Gasteiger partial charge >= 0.3 is 0 Å². The standard InChI is InChI=1S/C30H36ClN3O5S/c1-6-27(29(36)32-30(2,3)4)33(20-22-11-8-7-9-12-22)28(35)21-34(24-14-10-13-23(31)19-24)40(37,38)26-17-15-25(39-5)16-18-26/h7-19,27H,6,20-21H2,1-5H3,(H,32,36)/t27-/m0/s1. The van der Waals surface area contributed by atoms with E-state index in [1.807, 2.05) is 58.0 Å². The average Bonchev–Trinajstić information content (AvgIpc) is 2.91. The highest BCUT2D eigenvalue weighted by Gasteiger charge is 2.34. The summed E-state index contributed by atoms with van der Waals surface area (Å²) >= 11 is 6.22. The summed E-state index contributed by atoms with van der Waals surface area (Å²) in [5, 5.41) is 3.27. The number of ether oxygens (including phenoxy) is 1. The number of nitrogens with one attached hydrogen (secondary N) is 1. The molecule has 0 fully saturated rings. The lowest BCUT2D eigenvalue weighted by molar-refractivity contribution is -0.141. The normalized spacial score (nSPS) is 12.3. The Hall–Kier alpha value is -3.56. The molecule has 0 aromatic heterocycles. The lowest BCUT2D eigenvalue weighted by Crippen LogP contribution is -2.55. The van der Waals surface area contributed by atoms with Gasteiger partial charge in [0.2, 0.25) is 11.8 Å². The molecule has 8 nitrogen and oxygen atoms in total. The maximum Gasteiger partial charge on any atom is 0.264 e. The van der Waals surface area contributed by atoms with Gasteiger partial charge in [0.05, 0.1) is 17.7 Å². The fourth-order valence-corrected chi connectivity index (χ4v) is 5.78. The Balaban J connectivity index is 2.06. The number of anilines is 1. The van der Waals surface area contributed by atoms with E-state index in [1.54, 1.807) is 18.2 Å². The zero-order valence-corrected chi connectivity index (χ0v) is 25.0. The molecule has 0 saturated heterocycles. The lowest BCUT2D eigenvalue weighted by atomic mass is 10.1. The molecule has 0 saturated carbocycles. The van der Waals surface area contributed by atoms with Crippen molar-refractivity contribution in [2.45, 2.75) is 57.1 Å². The van der Waals surface area contributed by atoms with Crippen LogP contribution in [0.2, 0.25) is 5.02 Å². The summed E-state index contributed by atoms with van der Waals surface area (Å²) in [5.74, 6) is -0.350. The maximum atomic E-state index is 14.1. The summed E-state index contributed by atoms with van der Waals surface area (Å²) in [7, 11) is -2.72. The molecule has 0 aliphatic heterocycles. The van der Waals surface area contributed by atoms with Crippen molar-refractivity contribution in [3.05, 3.63) is 89.4 Å². The Morgan fingerprint density at radius 2 is 1.62 bits per heavy atom. The highest BCUT2D eigenvalue weighted by molar-refractivity contribution is 7.92. The Bertz CT molecular complexity index is 1410. The Morgan fingerprint density at radius 3 is 2.17 bits per heavy atom. The smallest absolute Gasteiger partial charge is 0.264 e. The van der Waals surface area contributed by atoms with Crippen LogP contribution in [0.1, 0.15) is 39.7 Å². The van der Waals surface area contributed by atoms with E-state index in [0.29, 0.717) is 17.2 Å². The minimum atomic E-state index is -4.21. The summed E-state index contributed by atoms with van der Waals surface area (Å²) in [4.78, 5) is 28.8. The highest BCUT2D eigenvalue weighted by Crippen LogP contribution is 2.28. The van der Waals surface area contributed by atoms with Crippen LogP contribution in [0.4, 0.5) is 5.69 Å². The molecule has 0 spiro atoms. The number of benzene rings is 3. The molecule has 1 atom stereocenters. The molecule has 214 valence electrons. The van der Waals surface area contributed by atoms with Gasteiger partial charge in [-0.2, -0.15) is 0 Å². The van der Waals surface area contributed by atoms with Gasteiger partial charge in [-0.15, -0.1) is 0 Å². The average molecular weight is 586 g/mol. The molecule has 0 heterocycles. The van der Waals surface area contributed by atoms with Crippen LogP contribution in [-0.4, -0.2) is 50.4 Å². The first-order chi connectivity index (χ1) is 18.9. The van der Waals surface area contributed by atoms with E-state index in [4.69, 9.17) is 16.3 Å². The molecule has 1 N–H and O–H groups in total. The molecule has 3 aromatic rings. The summed E-state index contributed by atoms with van der Waals surface area (Å²) in [6.45, 7) is 7.00. The quantitative estimate of drug-likeness (QED) is 0.331. The molecule has 0 unspecified atom stereocenters. The molecule has 0 aliphatic rings. The van der Waals surface area contributed by atoms with Gasteiger partial charge in [-0.1, -0.05) is 54.9 Å². The molecule has 0 aliphatic carbocycles. The monoisotopic (exact) mass is 585 g/mol. The third-order valence-corrected chi connectivity index (χ3v) is 8.13. The van der Waals surface area contributed by atoms with Crippen molar-refractivity contribution in [3.8, 4) is 5.75 Å². The van der Waals surface area contributed by atoms with Gasteiger partial charge in [0, 0.05) is 17.1 Å². The number of halogens is 1. The number of sulfonamides is 1. The molecule has 3 aromatic carbocycles. The first-order valence-corrected chi connectivity index (χ1v) is 14.8. The minimum Gasteiger partial charge on any atom is -0.497 e. The van der Waals surface area contributed by atoms with Crippen LogP contribution < -0.4 is 14.4 Å². The zero-order valence-electron chi connectivity index (χ0n) is 23.4. The number of amides is 2. The highest BCUT2D eigenvalue weighted by atomic mass is 35.5. The summed E-state index contributed by atoms with van der Waals surface area (Å²) in [6.07, 6.45) is 0.336. The number of methoxy groups -OCH3 is 1. The van der Waals surface area contributed by atoms with Crippen LogP contribution in [0.3, 0.4) is 0 Å². The molecule has 2 amide bonds. The second-order valence-corrected chi connectivity index (χ2v) is 12.6. The summed E-state index contributed by atoms with van der Waals surface area (Å²) < 4.78 is 34.0. The molecule has 0 bridgehead atoms. The fraction of sp³-hybridized carbons (Fsp3) is 0.333. The molecular weight excluding hydrogens is 550 g/mol. The van der Waals surface area contributed by atoms with Gasteiger partial charge in [-0.25, -0.2) is 8.42 Å². The number of hydrogen-bond acceptors (Lipinski definition) is 5. The van der Waals surface area contributed by atoms with Crippen molar-refractivity contribution in [2.24, 2.45) is 0 Å². The molecule has 10 heteroatoms. The molecule has 3 rings (SSSR count). The molecule has 0 radical (unpaired) electrons. The van der Waals surface area contributed by atoms with E-state index in [0.717, 1.165) is 9.87 Å². The number of nitrogens with zero attached hydrogens (tertiary/aromatic N) is 2. The number of carbonyl (C=O) groups excluding carboxylic acids is 2. The van der Waals surface area contributed by atoms with Crippen molar-refractivity contribution in [2.75, 3.05) is 18.0 Å². The van der Waals surface area contributed by atoms with Crippen LogP contribution >= 0.6 is 11.6 Å². The number of rotatable bonds is 11. The summed E-state index contributed by atoms with van der Waals surface area (Å²) in [5.41, 5.74) is 0.518.